The summed E-state index contributed by atoms with van der Waals surface area (Å²) < 4.78 is 6.17. The van der Waals surface area contributed by atoms with Crippen LogP contribution in [0.15, 0.2) is 77.3 Å². The number of hydrogen-bond donors (Lipinski definition) is 0. The quantitative estimate of drug-likeness (QED) is 0.384. The maximum Gasteiger partial charge on any atom is 0.164 e. The van der Waals surface area contributed by atoms with E-state index in [1.54, 1.807) is 0 Å². The zero-order valence-corrected chi connectivity index (χ0v) is 17.1. The summed E-state index contributed by atoms with van der Waals surface area (Å²) in [6.07, 6.45) is 14.9. The molecule has 0 unspecified atom stereocenters. The number of nitrogens with zero attached hydrogens (tertiary/aromatic N) is 3. The summed E-state index contributed by atoms with van der Waals surface area (Å²) in [5.41, 5.74) is 5.05. The molecule has 2 aromatic carbocycles. The molecule has 2 aromatic heterocycles. The van der Waals surface area contributed by atoms with E-state index in [2.05, 4.69) is 36.4 Å². The molecule has 4 nitrogen and oxygen atoms in total. The van der Waals surface area contributed by atoms with Crippen molar-refractivity contribution < 1.29 is 4.42 Å². The molecule has 31 heavy (non-hydrogen) atoms. The summed E-state index contributed by atoms with van der Waals surface area (Å²) in [5.74, 6) is 3.12. The lowest BCUT2D eigenvalue weighted by Gasteiger charge is -2.11. The Labute approximate surface area is 180 Å². The fraction of sp³-hybridized carbons (Fsp3) is 0.148. The Balaban J connectivity index is 1.61. The third-order valence-corrected chi connectivity index (χ3v) is 5.81. The number of benzene rings is 2. The monoisotopic (exact) mass is 403 g/mol. The van der Waals surface area contributed by atoms with Crippen LogP contribution in [0, 0.1) is 0 Å². The normalized spacial score (nSPS) is 15.2. The van der Waals surface area contributed by atoms with Crippen LogP contribution >= 0.6 is 0 Å². The van der Waals surface area contributed by atoms with Crippen molar-refractivity contribution in [2.45, 2.75) is 25.7 Å². The van der Waals surface area contributed by atoms with Crippen molar-refractivity contribution in [1.29, 1.82) is 0 Å². The SMILES string of the molecule is C1=CC(c2nc(-c3ccccc3)nc(-c3cccc4oc5c(c34)C=CCC5)n2)=CCC1. The number of allylic oxidation sites excluding steroid dienone is 5. The molecule has 2 heterocycles. The van der Waals surface area contributed by atoms with Gasteiger partial charge in [0.25, 0.3) is 0 Å². The zero-order chi connectivity index (χ0) is 20.6. The van der Waals surface area contributed by atoms with Gasteiger partial charge in [-0.2, -0.15) is 0 Å². The molecule has 4 aromatic rings. The molecule has 0 saturated carbocycles. The number of aromatic nitrogens is 3. The minimum atomic E-state index is 0.678. The number of fused-ring (bicyclic) bond motifs is 3. The Kier molecular flexibility index (Phi) is 4.34. The second-order valence-electron chi connectivity index (χ2n) is 7.87. The Hall–Kier alpha value is -3.79. The molecule has 2 aliphatic carbocycles. The standard InChI is InChI=1S/C27H21N3O/c1-3-10-18(11-4-1)25-28-26(19-12-5-2-6-13-19)30-27(29-25)21-15-9-17-23-24(21)20-14-7-8-16-22(20)31-23/h1,3-5,7,9-15,17H,2,6,8,16H2. The van der Waals surface area contributed by atoms with Crippen molar-refractivity contribution >= 4 is 22.6 Å². The zero-order valence-electron chi connectivity index (χ0n) is 17.1. The van der Waals surface area contributed by atoms with Crippen molar-refractivity contribution in [1.82, 2.24) is 15.0 Å². The largest absolute Gasteiger partial charge is 0.460 e. The van der Waals surface area contributed by atoms with Gasteiger partial charge >= 0.3 is 0 Å². The molecular weight excluding hydrogens is 382 g/mol. The average molecular weight is 403 g/mol. The smallest absolute Gasteiger partial charge is 0.164 e. The first kappa shape index (κ1) is 18.0. The summed E-state index contributed by atoms with van der Waals surface area (Å²) in [7, 11) is 0. The number of furan rings is 1. The second kappa shape index (κ2) is 7.47. The van der Waals surface area contributed by atoms with Crippen LogP contribution in [0.3, 0.4) is 0 Å². The predicted molar refractivity (Wildman–Crippen MR) is 124 cm³/mol. The fourth-order valence-electron chi connectivity index (χ4n) is 4.31. The number of rotatable bonds is 3. The van der Waals surface area contributed by atoms with Crippen LogP contribution in [-0.4, -0.2) is 15.0 Å². The van der Waals surface area contributed by atoms with Gasteiger partial charge in [0, 0.05) is 34.1 Å². The van der Waals surface area contributed by atoms with Crippen molar-refractivity contribution in [3.05, 3.63) is 90.0 Å². The van der Waals surface area contributed by atoms with Crippen molar-refractivity contribution in [2.75, 3.05) is 0 Å². The Bertz CT molecular complexity index is 1380. The lowest BCUT2D eigenvalue weighted by Crippen LogP contribution is -2.03. The highest BCUT2D eigenvalue weighted by Gasteiger charge is 2.21. The topological polar surface area (TPSA) is 51.8 Å². The van der Waals surface area contributed by atoms with E-state index in [9.17, 15) is 0 Å². The highest BCUT2D eigenvalue weighted by atomic mass is 16.3. The van der Waals surface area contributed by atoms with Gasteiger partial charge in [-0.1, -0.05) is 72.8 Å². The maximum absolute atomic E-state index is 6.17. The summed E-state index contributed by atoms with van der Waals surface area (Å²) in [6, 6.07) is 16.2. The van der Waals surface area contributed by atoms with Crippen LogP contribution in [-0.2, 0) is 6.42 Å². The van der Waals surface area contributed by atoms with E-state index in [0.717, 1.165) is 64.7 Å². The van der Waals surface area contributed by atoms with Crippen molar-refractivity contribution in [2.24, 2.45) is 0 Å². The van der Waals surface area contributed by atoms with Gasteiger partial charge in [0.15, 0.2) is 17.5 Å². The second-order valence-corrected chi connectivity index (χ2v) is 7.87. The molecule has 0 amide bonds. The minimum Gasteiger partial charge on any atom is -0.460 e. The molecule has 0 bridgehead atoms. The third kappa shape index (κ3) is 3.21. The summed E-state index contributed by atoms with van der Waals surface area (Å²) in [5, 5.41) is 1.08. The Morgan fingerprint density at radius 3 is 2.42 bits per heavy atom. The van der Waals surface area contributed by atoms with Gasteiger partial charge in [0.05, 0.1) is 0 Å². The molecule has 0 N–H and O–H groups in total. The molecule has 0 radical (unpaired) electrons. The molecule has 0 spiro atoms. The molecule has 6 rings (SSSR count). The average Bonchev–Trinajstić information content (AvgIpc) is 3.24. The molecule has 0 fully saturated rings. The molecule has 0 aliphatic heterocycles. The molecule has 4 heteroatoms. The molecule has 0 saturated heterocycles. The first-order valence-corrected chi connectivity index (χ1v) is 10.8. The van der Waals surface area contributed by atoms with E-state index in [0.29, 0.717) is 17.5 Å². The van der Waals surface area contributed by atoms with Gasteiger partial charge in [-0.3, -0.25) is 0 Å². The molecular formula is C27H21N3O. The highest BCUT2D eigenvalue weighted by molar-refractivity contribution is 6.00. The number of aryl methyl sites for hydroxylation is 1. The van der Waals surface area contributed by atoms with Crippen LogP contribution in [0.4, 0.5) is 0 Å². The fourth-order valence-corrected chi connectivity index (χ4v) is 4.31. The van der Waals surface area contributed by atoms with Crippen molar-refractivity contribution in [3.8, 4) is 22.8 Å². The van der Waals surface area contributed by atoms with Gasteiger partial charge in [-0.15, -0.1) is 0 Å². The van der Waals surface area contributed by atoms with Crippen LogP contribution in [0.25, 0.3) is 45.4 Å². The van der Waals surface area contributed by atoms with Gasteiger partial charge in [0.1, 0.15) is 11.3 Å². The van der Waals surface area contributed by atoms with E-state index < -0.39 is 0 Å². The van der Waals surface area contributed by atoms with E-state index in [4.69, 9.17) is 19.4 Å². The maximum atomic E-state index is 6.17. The van der Waals surface area contributed by atoms with Crippen LogP contribution in [0.5, 0.6) is 0 Å². The van der Waals surface area contributed by atoms with Gasteiger partial charge < -0.3 is 4.42 Å². The van der Waals surface area contributed by atoms with E-state index in [1.165, 1.54) is 0 Å². The van der Waals surface area contributed by atoms with Crippen molar-refractivity contribution in [3.63, 3.8) is 0 Å². The summed E-state index contributed by atoms with van der Waals surface area (Å²) in [6.45, 7) is 0. The van der Waals surface area contributed by atoms with Gasteiger partial charge in [0.2, 0.25) is 0 Å². The molecule has 0 atom stereocenters. The van der Waals surface area contributed by atoms with E-state index >= 15 is 0 Å². The van der Waals surface area contributed by atoms with Crippen LogP contribution in [0.1, 0.15) is 36.4 Å². The minimum absolute atomic E-state index is 0.678. The van der Waals surface area contributed by atoms with Gasteiger partial charge in [-0.05, 0) is 25.3 Å². The number of hydrogen-bond acceptors (Lipinski definition) is 4. The van der Waals surface area contributed by atoms with E-state index in [-0.39, 0.29) is 0 Å². The third-order valence-electron chi connectivity index (χ3n) is 5.81. The first-order valence-electron chi connectivity index (χ1n) is 10.8. The first-order chi connectivity index (χ1) is 15.4. The Morgan fingerprint density at radius 2 is 1.55 bits per heavy atom. The van der Waals surface area contributed by atoms with Gasteiger partial charge in [-0.25, -0.2) is 15.0 Å². The summed E-state index contributed by atoms with van der Waals surface area (Å²) in [4.78, 5) is 14.7. The molecule has 2 aliphatic rings. The summed E-state index contributed by atoms with van der Waals surface area (Å²) >= 11 is 0. The lowest BCUT2D eigenvalue weighted by atomic mass is 9.99. The predicted octanol–water partition coefficient (Wildman–Crippen LogP) is 6.64. The van der Waals surface area contributed by atoms with Crippen LogP contribution < -0.4 is 0 Å². The Morgan fingerprint density at radius 1 is 0.710 bits per heavy atom. The molecule has 150 valence electrons. The van der Waals surface area contributed by atoms with E-state index in [1.807, 2.05) is 42.5 Å². The lowest BCUT2D eigenvalue weighted by molar-refractivity contribution is 0.546. The van der Waals surface area contributed by atoms with Crippen LogP contribution in [0.2, 0.25) is 0 Å². The highest BCUT2D eigenvalue weighted by Crippen LogP contribution is 2.37.